The Morgan fingerprint density at radius 2 is 1.86 bits per heavy atom. The van der Waals surface area contributed by atoms with Crippen LogP contribution in [0.25, 0.3) is 0 Å². The summed E-state index contributed by atoms with van der Waals surface area (Å²) in [5.74, 6) is 1.35. The highest BCUT2D eigenvalue weighted by Gasteiger charge is 2.27. The molecule has 2 aliphatic heterocycles. The Morgan fingerprint density at radius 3 is 2.59 bits per heavy atom. The van der Waals surface area contributed by atoms with Gasteiger partial charge in [-0.25, -0.2) is 8.42 Å². The fourth-order valence-corrected chi connectivity index (χ4v) is 4.72. The molecule has 154 valence electrons. The minimum atomic E-state index is -3.30. The van der Waals surface area contributed by atoms with Crippen LogP contribution in [0.2, 0.25) is 0 Å². The molecule has 0 spiro atoms. The Balaban J connectivity index is 1.54. The van der Waals surface area contributed by atoms with Crippen LogP contribution in [0, 0.1) is 0 Å². The summed E-state index contributed by atoms with van der Waals surface area (Å²) >= 11 is 0. The van der Waals surface area contributed by atoms with Gasteiger partial charge >= 0.3 is 0 Å². The number of carbonyl (C=O) groups is 1. The van der Waals surface area contributed by atoms with Crippen molar-refractivity contribution in [2.24, 2.45) is 0 Å². The Morgan fingerprint density at radius 1 is 1.10 bits per heavy atom. The third-order valence-corrected chi connectivity index (χ3v) is 6.41. The standard InChI is InChI=1S/C21H24N2O5S/c1-3-22(14-15-4-7-19-20(12-15)28-11-10-27-19)21(24)17-5-6-18-16(13-17)8-9-23(18)29(2,25)26/h4-7,12-13H,3,8-11,14H2,1-2H3. The monoisotopic (exact) mass is 416 g/mol. The van der Waals surface area contributed by atoms with Crippen molar-refractivity contribution in [1.29, 1.82) is 0 Å². The van der Waals surface area contributed by atoms with Gasteiger partial charge < -0.3 is 14.4 Å². The van der Waals surface area contributed by atoms with Crippen LogP contribution < -0.4 is 13.8 Å². The first-order valence-electron chi connectivity index (χ1n) is 9.65. The molecule has 0 saturated heterocycles. The predicted octanol–water partition coefficient (Wildman–Crippen LogP) is 2.44. The second-order valence-corrected chi connectivity index (χ2v) is 9.13. The van der Waals surface area contributed by atoms with Gasteiger partial charge in [0.05, 0.1) is 11.9 Å². The minimum Gasteiger partial charge on any atom is -0.486 e. The molecule has 0 N–H and O–H groups in total. The van der Waals surface area contributed by atoms with Gasteiger partial charge in [0, 0.05) is 25.2 Å². The van der Waals surface area contributed by atoms with Crippen LogP contribution in [-0.2, 0) is 23.0 Å². The van der Waals surface area contributed by atoms with Crippen molar-refractivity contribution in [1.82, 2.24) is 4.90 Å². The molecule has 0 atom stereocenters. The summed E-state index contributed by atoms with van der Waals surface area (Å²) in [6.07, 6.45) is 1.81. The average Bonchev–Trinajstić information content (AvgIpc) is 3.15. The fourth-order valence-electron chi connectivity index (χ4n) is 3.77. The van der Waals surface area contributed by atoms with Crippen LogP contribution in [-0.4, -0.2) is 51.8 Å². The van der Waals surface area contributed by atoms with Gasteiger partial charge in [0.25, 0.3) is 5.91 Å². The summed E-state index contributed by atoms with van der Waals surface area (Å²) in [6, 6.07) is 11.0. The Kier molecular flexibility index (Phi) is 5.12. The number of anilines is 1. The first kappa shape index (κ1) is 19.6. The topological polar surface area (TPSA) is 76.2 Å². The molecule has 2 aliphatic rings. The number of sulfonamides is 1. The van der Waals surface area contributed by atoms with E-state index in [-0.39, 0.29) is 5.91 Å². The van der Waals surface area contributed by atoms with E-state index >= 15 is 0 Å². The Labute approximate surface area is 170 Å². The van der Waals surface area contributed by atoms with E-state index in [2.05, 4.69) is 0 Å². The van der Waals surface area contributed by atoms with Gasteiger partial charge in [-0.1, -0.05) is 6.07 Å². The van der Waals surface area contributed by atoms with Gasteiger partial charge in [-0.15, -0.1) is 0 Å². The Hall–Kier alpha value is -2.74. The second-order valence-electron chi connectivity index (χ2n) is 7.23. The van der Waals surface area contributed by atoms with Crippen molar-refractivity contribution < 1.29 is 22.7 Å². The number of hydrogen-bond donors (Lipinski definition) is 0. The van der Waals surface area contributed by atoms with Gasteiger partial charge in [0.15, 0.2) is 11.5 Å². The largest absolute Gasteiger partial charge is 0.486 e. The lowest BCUT2D eigenvalue weighted by Gasteiger charge is -2.23. The van der Waals surface area contributed by atoms with Crippen molar-refractivity contribution in [2.45, 2.75) is 19.9 Å². The van der Waals surface area contributed by atoms with Crippen LogP contribution in [0.3, 0.4) is 0 Å². The van der Waals surface area contributed by atoms with E-state index in [9.17, 15) is 13.2 Å². The highest BCUT2D eigenvalue weighted by Crippen LogP contribution is 2.32. The van der Waals surface area contributed by atoms with Crippen LogP contribution in [0.1, 0.15) is 28.4 Å². The predicted molar refractivity (Wildman–Crippen MR) is 110 cm³/mol. The molecule has 2 aromatic carbocycles. The summed E-state index contributed by atoms with van der Waals surface area (Å²) in [6.45, 7) is 4.43. The maximum Gasteiger partial charge on any atom is 0.254 e. The highest BCUT2D eigenvalue weighted by atomic mass is 32.2. The summed E-state index contributed by atoms with van der Waals surface area (Å²) in [4.78, 5) is 14.8. The third kappa shape index (κ3) is 3.89. The summed E-state index contributed by atoms with van der Waals surface area (Å²) in [5, 5.41) is 0. The van der Waals surface area contributed by atoms with E-state index < -0.39 is 10.0 Å². The van der Waals surface area contributed by atoms with Gasteiger partial charge in [-0.2, -0.15) is 0 Å². The lowest BCUT2D eigenvalue weighted by atomic mass is 10.1. The van der Waals surface area contributed by atoms with Crippen LogP contribution in [0.5, 0.6) is 11.5 Å². The van der Waals surface area contributed by atoms with Crippen LogP contribution in [0.4, 0.5) is 5.69 Å². The number of carbonyl (C=O) groups excluding carboxylic acids is 1. The van der Waals surface area contributed by atoms with E-state index in [1.807, 2.05) is 31.2 Å². The molecule has 0 bridgehead atoms. The average molecular weight is 416 g/mol. The number of rotatable bonds is 5. The van der Waals surface area contributed by atoms with Crippen molar-refractivity contribution in [3.8, 4) is 11.5 Å². The quantitative estimate of drug-likeness (QED) is 0.748. The lowest BCUT2D eigenvalue weighted by Crippen LogP contribution is -2.30. The van der Waals surface area contributed by atoms with Gasteiger partial charge in [0.2, 0.25) is 10.0 Å². The second kappa shape index (κ2) is 7.59. The molecule has 0 aliphatic carbocycles. The number of benzene rings is 2. The first-order chi connectivity index (χ1) is 13.9. The molecular weight excluding hydrogens is 392 g/mol. The number of fused-ring (bicyclic) bond motifs is 2. The van der Waals surface area contributed by atoms with E-state index in [1.54, 1.807) is 17.0 Å². The molecule has 29 heavy (non-hydrogen) atoms. The molecule has 4 rings (SSSR count). The van der Waals surface area contributed by atoms with Crippen LogP contribution >= 0.6 is 0 Å². The molecule has 0 unspecified atom stereocenters. The molecule has 0 aromatic heterocycles. The lowest BCUT2D eigenvalue weighted by molar-refractivity contribution is 0.0752. The third-order valence-electron chi connectivity index (χ3n) is 5.23. The minimum absolute atomic E-state index is 0.0806. The van der Waals surface area contributed by atoms with E-state index in [1.165, 1.54) is 10.6 Å². The molecular formula is C21H24N2O5S. The van der Waals surface area contributed by atoms with Crippen molar-refractivity contribution in [3.63, 3.8) is 0 Å². The maximum atomic E-state index is 13.1. The van der Waals surface area contributed by atoms with Gasteiger partial charge in [-0.05, 0) is 54.8 Å². The molecule has 7 nitrogen and oxygen atoms in total. The molecule has 1 amide bonds. The molecule has 0 radical (unpaired) electrons. The number of ether oxygens (including phenoxy) is 2. The van der Waals surface area contributed by atoms with E-state index in [0.29, 0.717) is 56.3 Å². The normalized spacial score (nSPS) is 15.2. The summed E-state index contributed by atoms with van der Waals surface area (Å²) in [7, 11) is -3.30. The van der Waals surface area contributed by atoms with Crippen LogP contribution in [0.15, 0.2) is 36.4 Å². The zero-order chi connectivity index (χ0) is 20.6. The molecule has 2 aromatic rings. The summed E-state index contributed by atoms with van der Waals surface area (Å²) in [5.41, 5.74) is 3.09. The van der Waals surface area contributed by atoms with Crippen molar-refractivity contribution in [2.75, 3.05) is 36.9 Å². The van der Waals surface area contributed by atoms with E-state index in [4.69, 9.17) is 9.47 Å². The molecule has 0 fully saturated rings. The maximum absolute atomic E-state index is 13.1. The van der Waals surface area contributed by atoms with Gasteiger partial charge in [0.1, 0.15) is 13.2 Å². The summed E-state index contributed by atoms with van der Waals surface area (Å²) < 4.78 is 36.4. The number of nitrogens with zero attached hydrogens (tertiary/aromatic N) is 2. The first-order valence-corrected chi connectivity index (χ1v) is 11.5. The molecule has 0 saturated carbocycles. The number of amides is 1. The Bertz CT molecular complexity index is 1050. The molecule has 8 heteroatoms. The zero-order valence-corrected chi connectivity index (χ0v) is 17.4. The smallest absolute Gasteiger partial charge is 0.254 e. The fraction of sp³-hybridized carbons (Fsp3) is 0.381. The SMILES string of the molecule is CCN(Cc1ccc2c(c1)OCCO2)C(=O)c1ccc2c(c1)CCN2S(C)(=O)=O. The van der Waals surface area contributed by atoms with Crippen molar-refractivity contribution in [3.05, 3.63) is 53.1 Å². The van der Waals surface area contributed by atoms with Crippen molar-refractivity contribution >= 4 is 21.6 Å². The zero-order valence-electron chi connectivity index (χ0n) is 16.6. The van der Waals surface area contributed by atoms with Gasteiger partial charge in [-0.3, -0.25) is 9.10 Å². The molecule has 2 heterocycles. The van der Waals surface area contributed by atoms with E-state index in [0.717, 1.165) is 16.9 Å². The highest BCUT2D eigenvalue weighted by molar-refractivity contribution is 7.92. The number of hydrogen-bond acceptors (Lipinski definition) is 5.